The van der Waals surface area contributed by atoms with Crippen molar-refractivity contribution in [2.75, 3.05) is 13.2 Å². The summed E-state index contributed by atoms with van der Waals surface area (Å²) in [6, 6.07) is 6.60. The number of unbranched alkanes of at least 4 members (excludes halogenated alkanes) is 2. The third kappa shape index (κ3) is 7.69. The molecule has 0 aromatic heterocycles. The molecule has 2 nitrogen and oxygen atoms in total. The molecule has 0 heterocycles. The van der Waals surface area contributed by atoms with E-state index in [4.69, 9.17) is 9.47 Å². The fourth-order valence-electron chi connectivity index (χ4n) is 6.12. The van der Waals surface area contributed by atoms with E-state index in [0.29, 0.717) is 30.6 Å². The molecule has 0 atom stereocenters. The van der Waals surface area contributed by atoms with Gasteiger partial charge >= 0.3 is 0 Å². The fourth-order valence-corrected chi connectivity index (χ4v) is 6.12. The molecule has 0 amide bonds. The van der Waals surface area contributed by atoms with E-state index >= 15 is 8.78 Å². The average molecular weight is 561 g/mol. The quantitative estimate of drug-likeness (QED) is 0.190. The van der Waals surface area contributed by atoms with E-state index in [-0.39, 0.29) is 35.2 Å². The summed E-state index contributed by atoms with van der Waals surface area (Å²) in [6.07, 6.45) is 14.1. The van der Waals surface area contributed by atoms with Crippen LogP contribution in [0, 0.1) is 29.2 Å². The van der Waals surface area contributed by atoms with Crippen molar-refractivity contribution in [2.45, 2.75) is 109 Å². The van der Waals surface area contributed by atoms with Crippen molar-refractivity contribution in [2.24, 2.45) is 5.92 Å². The number of ether oxygens (including phenoxy) is 2. The fraction of sp³-hybridized carbons (Fsp3) is 0.588. The molecule has 6 heteroatoms. The van der Waals surface area contributed by atoms with Crippen LogP contribution in [0.15, 0.2) is 30.3 Å². The number of allylic oxidation sites excluding steroid dienone is 1. The van der Waals surface area contributed by atoms with Gasteiger partial charge in [-0.1, -0.05) is 57.0 Å². The second kappa shape index (κ2) is 15.0. The Kier molecular flexibility index (Phi) is 11.5. The summed E-state index contributed by atoms with van der Waals surface area (Å²) < 4.78 is 70.7. The molecule has 0 N–H and O–H groups in total. The third-order valence-electron chi connectivity index (χ3n) is 8.70. The van der Waals surface area contributed by atoms with E-state index in [0.717, 1.165) is 70.8 Å². The van der Waals surface area contributed by atoms with Gasteiger partial charge in [-0.05, 0) is 99.2 Å². The first-order chi connectivity index (χ1) is 19.4. The Morgan fingerprint density at radius 1 is 0.675 bits per heavy atom. The summed E-state index contributed by atoms with van der Waals surface area (Å²) >= 11 is 0. The van der Waals surface area contributed by atoms with Gasteiger partial charge in [0, 0.05) is 12.2 Å². The minimum absolute atomic E-state index is 0.0241. The third-order valence-corrected chi connectivity index (χ3v) is 8.70. The smallest absolute Gasteiger partial charge is 0.200 e. The van der Waals surface area contributed by atoms with Gasteiger partial charge in [0.1, 0.15) is 0 Å². The summed E-state index contributed by atoms with van der Waals surface area (Å²) in [4.78, 5) is 0. The highest BCUT2D eigenvalue weighted by Crippen LogP contribution is 2.40. The second-order valence-corrected chi connectivity index (χ2v) is 11.5. The van der Waals surface area contributed by atoms with E-state index in [9.17, 15) is 8.78 Å². The molecule has 0 aliphatic heterocycles. The van der Waals surface area contributed by atoms with Gasteiger partial charge < -0.3 is 9.47 Å². The maximum Gasteiger partial charge on any atom is 0.200 e. The zero-order valence-electron chi connectivity index (χ0n) is 24.0. The van der Waals surface area contributed by atoms with Gasteiger partial charge in [-0.25, -0.2) is 13.2 Å². The molecule has 4 rings (SSSR count). The Labute approximate surface area is 237 Å². The van der Waals surface area contributed by atoms with Crippen molar-refractivity contribution >= 4 is 6.08 Å². The van der Waals surface area contributed by atoms with Crippen LogP contribution >= 0.6 is 0 Å². The lowest BCUT2D eigenvalue weighted by Crippen LogP contribution is -2.22. The minimum atomic E-state index is -0.912. The molecule has 220 valence electrons. The van der Waals surface area contributed by atoms with E-state index in [1.165, 1.54) is 6.07 Å². The Morgan fingerprint density at radius 2 is 1.25 bits per heavy atom. The molecular formula is C34H44F4O2. The van der Waals surface area contributed by atoms with Gasteiger partial charge in [0.05, 0.1) is 12.7 Å². The Balaban J connectivity index is 1.30. The largest absolute Gasteiger partial charge is 0.490 e. The topological polar surface area (TPSA) is 18.5 Å². The first-order valence-corrected chi connectivity index (χ1v) is 15.3. The van der Waals surface area contributed by atoms with E-state index in [2.05, 4.69) is 6.92 Å². The standard InChI is InChI=1S/C34H44F4O2/c1-3-5-21-39-27-16-13-25(14-17-27)28-18-15-26(31(35)32(28)36)12-9-23-7-10-24(11-8-23)29-19-20-30(34(38)33(29)37)40-22-6-4-2/h9,12,15,18-20,23-25,27H,3-8,10-11,13-14,16-17,21-22H2,1-2H3/b12-9+. The molecule has 2 saturated carbocycles. The Bertz CT molecular complexity index is 1120. The van der Waals surface area contributed by atoms with Crippen LogP contribution in [-0.4, -0.2) is 19.3 Å². The van der Waals surface area contributed by atoms with Crippen LogP contribution in [0.1, 0.15) is 119 Å². The predicted octanol–water partition coefficient (Wildman–Crippen LogP) is 10.3. The SMILES string of the molecule is CCCCOc1ccc(C2CCC(/C=C/c3ccc(C4CCC(OCCCC)CC4)c(F)c3F)CC2)c(F)c1F. The molecule has 2 aliphatic rings. The van der Waals surface area contributed by atoms with Gasteiger partial charge in [-0.15, -0.1) is 0 Å². The summed E-state index contributed by atoms with van der Waals surface area (Å²) in [5, 5.41) is 0. The second-order valence-electron chi connectivity index (χ2n) is 11.5. The zero-order valence-corrected chi connectivity index (χ0v) is 24.0. The highest BCUT2D eigenvalue weighted by molar-refractivity contribution is 5.52. The summed E-state index contributed by atoms with van der Waals surface area (Å²) in [5.74, 6) is -3.14. The summed E-state index contributed by atoms with van der Waals surface area (Å²) in [7, 11) is 0. The molecule has 0 bridgehead atoms. The van der Waals surface area contributed by atoms with Gasteiger partial charge in [0.25, 0.3) is 0 Å². The van der Waals surface area contributed by atoms with Gasteiger partial charge in [0.2, 0.25) is 5.82 Å². The molecule has 0 radical (unpaired) electrons. The number of hydrogen-bond acceptors (Lipinski definition) is 2. The van der Waals surface area contributed by atoms with Gasteiger partial charge in [0.15, 0.2) is 23.2 Å². The highest BCUT2D eigenvalue weighted by Gasteiger charge is 2.28. The van der Waals surface area contributed by atoms with Gasteiger partial charge in [-0.2, -0.15) is 4.39 Å². The highest BCUT2D eigenvalue weighted by atomic mass is 19.2. The molecule has 0 saturated heterocycles. The van der Waals surface area contributed by atoms with Crippen molar-refractivity contribution in [3.63, 3.8) is 0 Å². The van der Waals surface area contributed by atoms with Crippen LogP contribution in [0.4, 0.5) is 17.6 Å². The lowest BCUT2D eigenvalue weighted by Gasteiger charge is -2.29. The van der Waals surface area contributed by atoms with Crippen molar-refractivity contribution in [1.29, 1.82) is 0 Å². The maximum atomic E-state index is 15.1. The molecule has 2 aromatic carbocycles. The monoisotopic (exact) mass is 560 g/mol. The van der Waals surface area contributed by atoms with Crippen LogP contribution in [0.5, 0.6) is 5.75 Å². The predicted molar refractivity (Wildman–Crippen MR) is 153 cm³/mol. The van der Waals surface area contributed by atoms with Crippen molar-refractivity contribution in [1.82, 2.24) is 0 Å². The first-order valence-electron chi connectivity index (χ1n) is 15.3. The van der Waals surface area contributed by atoms with Crippen LogP contribution in [-0.2, 0) is 4.74 Å². The van der Waals surface area contributed by atoms with Crippen molar-refractivity contribution < 1.29 is 27.0 Å². The minimum Gasteiger partial charge on any atom is -0.490 e. The van der Waals surface area contributed by atoms with Crippen LogP contribution in [0.3, 0.4) is 0 Å². The molecule has 2 aliphatic carbocycles. The van der Waals surface area contributed by atoms with Crippen LogP contribution in [0.2, 0.25) is 0 Å². The molecule has 0 unspecified atom stereocenters. The zero-order chi connectivity index (χ0) is 28.5. The van der Waals surface area contributed by atoms with Crippen LogP contribution < -0.4 is 4.74 Å². The van der Waals surface area contributed by atoms with E-state index in [1.807, 2.05) is 13.0 Å². The molecule has 0 spiro atoms. The normalized spacial score (nSPS) is 23.6. The summed E-state index contributed by atoms with van der Waals surface area (Å²) in [5.41, 5.74) is 1.12. The Hall–Kier alpha value is -2.34. The van der Waals surface area contributed by atoms with Crippen molar-refractivity contribution in [3.8, 4) is 5.75 Å². The van der Waals surface area contributed by atoms with E-state index < -0.39 is 23.3 Å². The molecule has 2 fully saturated rings. The van der Waals surface area contributed by atoms with Gasteiger partial charge in [-0.3, -0.25) is 0 Å². The molecule has 2 aromatic rings. The first kappa shape index (κ1) is 30.6. The maximum absolute atomic E-state index is 15.1. The van der Waals surface area contributed by atoms with E-state index in [1.54, 1.807) is 24.3 Å². The average Bonchev–Trinajstić information content (AvgIpc) is 2.97. The lowest BCUT2D eigenvalue weighted by molar-refractivity contribution is 0.0230. The molecular weight excluding hydrogens is 516 g/mol. The number of rotatable bonds is 12. The number of benzene rings is 2. The van der Waals surface area contributed by atoms with Crippen molar-refractivity contribution in [3.05, 3.63) is 70.3 Å². The number of hydrogen-bond donors (Lipinski definition) is 0. The summed E-state index contributed by atoms with van der Waals surface area (Å²) in [6.45, 7) is 5.29. The Morgan fingerprint density at radius 3 is 1.90 bits per heavy atom. The number of halogens is 4. The van der Waals surface area contributed by atoms with Crippen LogP contribution in [0.25, 0.3) is 6.08 Å². The lowest BCUT2D eigenvalue weighted by atomic mass is 9.78. The molecule has 40 heavy (non-hydrogen) atoms.